The zero-order chi connectivity index (χ0) is 15.4. The van der Waals surface area contributed by atoms with Crippen LogP contribution in [0.5, 0.6) is 0 Å². The molecule has 0 unspecified atom stereocenters. The van der Waals surface area contributed by atoms with Crippen LogP contribution in [0.4, 0.5) is 0 Å². The van der Waals surface area contributed by atoms with Gasteiger partial charge in [-0.05, 0) is 19.9 Å². The van der Waals surface area contributed by atoms with Crippen LogP contribution < -0.4 is 5.32 Å². The summed E-state index contributed by atoms with van der Waals surface area (Å²) in [7, 11) is 0. The van der Waals surface area contributed by atoms with E-state index in [9.17, 15) is 9.59 Å². The van der Waals surface area contributed by atoms with E-state index >= 15 is 0 Å². The van der Waals surface area contributed by atoms with E-state index in [4.69, 9.17) is 4.74 Å². The number of aromatic nitrogens is 4. The van der Waals surface area contributed by atoms with E-state index in [1.807, 2.05) is 19.9 Å². The van der Waals surface area contributed by atoms with Gasteiger partial charge in [-0.1, -0.05) is 6.08 Å². The summed E-state index contributed by atoms with van der Waals surface area (Å²) < 4.78 is 6.28. The van der Waals surface area contributed by atoms with Gasteiger partial charge >= 0.3 is 5.97 Å². The van der Waals surface area contributed by atoms with Crippen molar-refractivity contribution in [1.29, 1.82) is 0 Å². The van der Waals surface area contributed by atoms with E-state index in [0.717, 1.165) is 11.4 Å². The highest BCUT2D eigenvalue weighted by Gasteiger charge is 2.17. The molecule has 0 spiro atoms. The van der Waals surface area contributed by atoms with Crippen molar-refractivity contribution in [1.82, 2.24) is 24.9 Å². The fourth-order valence-electron chi connectivity index (χ4n) is 1.69. The minimum atomic E-state index is -0.772. The smallest absolute Gasteiger partial charge is 0.378 e. The molecule has 2 heterocycles. The average molecular weight is 289 g/mol. The van der Waals surface area contributed by atoms with Crippen LogP contribution in [0.15, 0.2) is 18.7 Å². The quantitative estimate of drug-likeness (QED) is 0.623. The van der Waals surface area contributed by atoms with Gasteiger partial charge in [0.1, 0.15) is 0 Å². The molecule has 2 aromatic rings. The molecule has 8 nitrogen and oxygen atoms in total. The van der Waals surface area contributed by atoms with Crippen molar-refractivity contribution in [2.24, 2.45) is 0 Å². The Morgan fingerprint density at radius 1 is 1.43 bits per heavy atom. The van der Waals surface area contributed by atoms with Crippen LogP contribution in [0.1, 0.15) is 22.0 Å². The maximum absolute atomic E-state index is 11.8. The zero-order valence-electron chi connectivity index (χ0n) is 11.8. The standard InChI is InChI=1S/C13H15N5O3/c1-4-5-14-10(19)7-21-12(20)11-16-13-15-8(2)6-9(3)18(13)17-11/h4,6H,1,5,7H2,2-3H3,(H,14,19). The first-order valence-electron chi connectivity index (χ1n) is 6.27. The van der Waals surface area contributed by atoms with Gasteiger partial charge in [-0.25, -0.2) is 14.3 Å². The molecule has 21 heavy (non-hydrogen) atoms. The number of aryl methyl sites for hydroxylation is 2. The fraction of sp³-hybridized carbons (Fsp3) is 0.308. The molecule has 2 rings (SSSR count). The van der Waals surface area contributed by atoms with E-state index in [0.29, 0.717) is 12.3 Å². The van der Waals surface area contributed by atoms with Gasteiger partial charge in [0.15, 0.2) is 6.61 Å². The van der Waals surface area contributed by atoms with Gasteiger partial charge in [0, 0.05) is 17.9 Å². The summed E-state index contributed by atoms with van der Waals surface area (Å²) in [6.07, 6.45) is 1.53. The maximum atomic E-state index is 11.8. The Balaban J connectivity index is 2.08. The summed E-state index contributed by atoms with van der Waals surface area (Å²) in [5, 5.41) is 6.50. The van der Waals surface area contributed by atoms with Crippen LogP contribution in [-0.2, 0) is 9.53 Å². The van der Waals surface area contributed by atoms with Gasteiger partial charge in [-0.3, -0.25) is 4.79 Å². The highest BCUT2D eigenvalue weighted by Crippen LogP contribution is 2.06. The molecule has 8 heteroatoms. The Kier molecular flexibility index (Phi) is 4.27. The molecule has 0 aliphatic carbocycles. The Morgan fingerprint density at radius 3 is 2.90 bits per heavy atom. The first-order chi connectivity index (χ1) is 10.0. The Bertz CT molecular complexity index is 707. The predicted molar refractivity (Wildman–Crippen MR) is 73.7 cm³/mol. The number of rotatable bonds is 5. The van der Waals surface area contributed by atoms with Gasteiger partial charge in [0.25, 0.3) is 17.5 Å². The molecule has 1 N–H and O–H groups in total. The number of nitrogens with one attached hydrogen (secondary N) is 1. The number of fused-ring (bicyclic) bond motifs is 1. The van der Waals surface area contributed by atoms with Gasteiger partial charge < -0.3 is 10.1 Å². The molecule has 0 saturated carbocycles. The van der Waals surface area contributed by atoms with Gasteiger partial charge in [-0.2, -0.15) is 4.98 Å². The topological polar surface area (TPSA) is 98.5 Å². The molecule has 0 bridgehead atoms. The number of esters is 1. The first kappa shape index (κ1) is 14.6. The fourth-order valence-corrected chi connectivity index (χ4v) is 1.69. The van der Waals surface area contributed by atoms with E-state index in [-0.39, 0.29) is 5.82 Å². The van der Waals surface area contributed by atoms with E-state index < -0.39 is 18.5 Å². The van der Waals surface area contributed by atoms with Crippen LogP contribution in [0.2, 0.25) is 0 Å². The molecule has 0 aliphatic rings. The van der Waals surface area contributed by atoms with Crippen LogP contribution in [-0.4, -0.2) is 44.6 Å². The normalized spacial score (nSPS) is 10.4. The van der Waals surface area contributed by atoms with Crippen molar-refractivity contribution in [3.8, 4) is 0 Å². The minimum Gasteiger partial charge on any atom is -0.450 e. The Hall–Kier alpha value is -2.77. The molecule has 2 aromatic heterocycles. The van der Waals surface area contributed by atoms with E-state index in [2.05, 4.69) is 27.0 Å². The predicted octanol–water partition coefficient (Wildman–Crippen LogP) is 0.200. The van der Waals surface area contributed by atoms with E-state index in [1.54, 1.807) is 0 Å². The number of ether oxygens (including phenoxy) is 1. The summed E-state index contributed by atoms with van der Waals surface area (Å²) in [5.74, 6) is -1.01. The van der Waals surface area contributed by atoms with Crippen LogP contribution in [0.25, 0.3) is 5.78 Å². The molecule has 0 aliphatic heterocycles. The minimum absolute atomic E-state index is 0.132. The Labute approximate surface area is 120 Å². The van der Waals surface area contributed by atoms with Crippen LogP contribution in [0.3, 0.4) is 0 Å². The summed E-state index contributed by atoms with van der Waals surface area (Å²) in [6.45, 7) is 7.03. The van der Waals surface area contributed by atoms with Gasteiger partial charge in [-0.15, -0.1) is 11.7 Å². The summed E-state index contributed by atoms with van der Waals surface area (Å²) in [4.78, 5) is 31.3. The summed E-state index contributed by atoms with van der Waals surface area (Å²) in [6, 6.07) is 1.82. The average Bonchev–Trinajstić information content (AvgIpc) is 2.86. The Morgan fingerprint density at radius 2 is 2.19 bits per heavy atom. The number of hydrogen-bond acceptors (Lipinski definition) is 6. The molecule has 0 radical (unpaired) electrons. The molecule has 0 aromatic carbocycles. The largest absolute Gasteiger partial charge is 0.450 e. The third kappa shape index (κ3) is 3.41. The van der Waals surface area contributed by atoms with Gasteiger partial charge in [0.05, 0.1) is 0 Å². The SMILES string of the molecule is C=CCNC(=O)COC(=O)c1nc2nc(C)cc(C)n2n1. The molecular formula is C13H15N5O3. The first-order valence-corrected chi connectivity index (χ1v) is 6.27. The lowest BCUT2D eigenvalue weighted by Gasteiger charge is -2.02. The molecule has 0 saturated heterocycles. The molecule has 1 amide bonds. The van der Waals surface area contributed by atoms with E-state index in [1.165, 1.54) is 10.6 Å². The van der Waals surface area contributed by atoms with Crippen molar-refractivity contribution in [2.45, 2.75) is 13.8 Å². The van der Waals surface area contributed by atoms with Crippen molar-refractivity contribution in [3.63, 3.8) is 0 Å². The molecule has 0 atom stereocenters. The van der Waals surface area contributed by atoms with Gasteiger partial charge in [0.2, 0.25) is 0 Å². The lowest BCUT2D eigenvalue weighted by atomic mass is 10.4. The maximum Gasteiger partial charge on any atom is 0.378 e. The number of hydrogen-bond donors (Lipinski definition) is 1. The second-order valence-electron chi connectivity index (χ2n) is 4.36. The second kappa shape index (κ2) is 6.12. The number of amides is 1. The number of carbonyl (C=O) groups excluding carboxylic acids is 2. The van der Waals surface area contributed by atoms with Crippen molar-refractivity contribution >= 4 is 17.7 Å². The second-order valence-corrected chi connectivity index (χ2v) is 4.36. The number of nitrogens with zero attached hydrogens (tertiary/aromatic N) is 4. The van der Waals surface area contributed by atoms with Crippen LogP contribution in [0, 0.1) is 13.8 Å². The van der Waals surface area contributed by atoms with Crippen molar-refractivity contribution in [2.75, 3.05) is 13.2 Å². The molecule has 0 fully saturated rings. The third-order valence-corrected chi connectivity index (χ3v) is 2.58. The summed E-state index contributed by atoms with van der Waals surface area (Å²) >= 11 is 0. The molecule has 110 valence electrons. The van der Waals surface area contributed by atoms with Crippen molar-refractivity contribution < 1.29 is 14.3 Å². The summed E-state index contributed by atoms with van der Waals surface area (Å²) in [5.41, 5.74) is 1.57. The highest BCUT2D eigenvalue weighted by molar-refractivity contribution is 5.88. The lowest BCUT2D eigenvalue weighted by molar-refractivity contribution is -0.124. The highest BCUT2D eigenvalue weighted by atomic mass is 16.5. The van der Waals surface area contributed by atoms with Crippen molar-refractivity contribution in [3.05, 3.63) is 35.9 Å². The van der Waals surface area contributed by atoms with Crippen LogP contribution >= 0.6 is 0 Å². The molecular weight excluding hydrogens is 274 g/mol. The zero-order valence-corrected chi connectivity index (χ0v) is 11.8. The third-order valence-electron chi connectivity index (χ3n) is 2.58. The number of carbonyl (C=O) groups is 2. The lowest BCUT2D eigenvalue weighted by Crippen LogP contribution is -2.29. The monoisotopic (exact) mass is 289 g/mol.